The van der Waals surface area contributed by atoms with E-state index in [0.717, 1.165) is 29.0 Å². The highest BCUT2D eigenvalue weighted by molar-refractivity contribution is 6.06. The molecule has 0 spiro atoms. The molecule has 0 aromatic heterocycles. The van der Waals surface area contributed by atoms with Crippen LogP contribution in [0.15, 0.2) is 65.0 Å². The van der Waals surface area contributed by atoms with Crippen LogP contribution in [-0.4, -0.2) is 5.78 Å². The highest BCUT2D eigenvalue weighted by Crippen LogP contribution is 2.38. The van der Waals surface area contributed by atoms with E-state index in [1.165, 1.54) is 72.8 Å². The molecule has 0 radical (unpaired) electrons. The highest BCUT2D eigenvalue weighted by atomic mass is 16.1. The minimum Gasteiger partial charge on any atom is -0.289 e. The van der Waals surface area contributed by atoms with E-state index in [1.807, 2.05) is 74.5 Å². The number of allylic oxidation sites excluding steroid dienone is 7. The monoisotopic (exact) mass is 579 g/mol. The fourth-order valence-electron chi connectivity index (χ4n) is 5.04. The first-order valence-corrected chi connectivity index (χ1v) is 17.3. The minimum atomic E-state index is 0.0802. The standard InChI is InChI=1S/C30H38O.C3H8.4C2H6/c1-7-26(14-13-25-11-9-8-10-12-25)29-19-27(23(5)24(29)6)15-16-30(31)28-18-21(3)20(2)17-22(28)4;1-3-2;4*1-2/h15-19,23,25H,1,8-14H2,2-6H3;3H2,1-2H3;4*1-2H3/b16-15+;;;;;. The van der Waals surface area contributed by atoms with E-state index < -0.39 is 0 Å². The smallest absolute Gasteiger partial charge is 0.186 e. The molecule has 1 atom stereocenters. The van der Waals surface area contributed by atoms with Gasteiger partial charge in [-0.1, -0.05) is 145 Å². The third-order valence-corrected chi connectivity index (χ3v) is 7.48. The molecule has 1 fully saturated rings. The van der Waals surface area contributed by atoms with E-state index in [4.69, 9.17) is 0 Å². The van der Waals surface area contributed by atoms with Gasteiger partial charge in [-0.2, -0.15) is 0 Å². The quantitative estimate of drug-likeness (QED) is 0.179. The van der Waals surface area contributed by atoms with E-state index in [0.29, 0.717) is 5.92 Å². The van der Waals surface area contributed by atoms with Gasteiger partial charge in [0.1, 0.15) is 0 Å². The molecule has 2 aliphatic rings. The van der Waals surface area contributed by atoms with Gasteiger partial charge in [-0.25, -0.2) is 0 Å². The van der Waals surface area contributed by atoms with E-state index in [2.05, 4.69) is 66.0 Å². The summed E-state index contributed by atoms with van der Waals surface area (Å²) in [6, 6.07) is 4.12. The molecular weight excluding hydrogens is 508 g/mol. The summed E-state index contributed by atoms with van der Waals surface area (Å²) >= 11 is 0. The average molecular weight is 579 g/mol. The second-order valence-electron chi connectivity index (χ2n) is 10.3. The topological polar surface area (TPSA) is 17.1 Å². The van der Waals surface area contributed by atoms with Gasteiger partial charge >= 0.3 is 0 Å². The van der Waals surface area contributed by atoms with E-state index in [1.54, 1.807) is 6.08 Å². The Hall–Kier alpha value is -2.37. The Bertz CT molecular complexity index is 1000. The number of carbonyl (C=O) groups is 1. The molecule has 1 saturated carbocycles. The maximum absolute atomic E-state index is 12.9. The van der Waals surface area contributed by atoms with Gasteiger partial charge < -0.3 is 0 Å². The van der Waals surface area contributed by atoms with Gasteiger partial charge in [0.2, 0.25) is 0 Å². The zero-order chi connectivity index (χ0) is 33.3. The first-order valence-electron chi connectivity index (χ1n) is 17.3. The minimum absolute atomic E-state index is 0.0802. The second-order valence-corrected chi connectivity index (χ2v) is 10.3. The molecule has 2 aliphatic carbocycles. The summed E-state index contributed by atoms with van der Waals surface area (Å²) in [5.41, 5.74) is 12.6. The fraction of sp³-hybridized carbons (Fsp3) is 0.610. The molecule has 0 bridgehead atoms. The lowest BCUT2D eigenvalue weighted by Gasteiger charge is -2.21. The summed E-state index contributed by atoms with van der Waals surface area (Å²) in [5.74, 6) is 1.26. The molecule has 240 valence electrons. The Kier molecular flexibility index (Phi) is 28.8. The molecule has 42 heavy (non-hydrogen) atoms. The molecule has 1 aromatic rings. The zero-order valence-corrected chi connectivity index (χ0v) is 30.8. The van der Waals surface area contributed by atoms with Gasteiger partial charge in [0.05, 0.1) is 0 Å². The van der Waals surface area contributed by atoms with Crippen LogP contribution in [-0.2, 0) is 0 Å². The van der Waals surface area contributed by atoms with Crippen molar-refractivity contribution < 1.29 is 4.79 Å². The van der Waals surface area contributed by atoms with Crippen LogP contribution in [0.5, 0.6) is 0 Å². The van der Waals surface area contributed by atoms with Crippen molar-refractivity contribution >= 4 is 5.78 Å². The molecule has 1 nitrogen and oxygen atoms in total. The molecular formula is C41H70O. The van der Waals surface area contributed by atoms with Crippen LogP contribution in [0.2, 0.25) is 0 Å². The van der Waals surface area contributed by atoms with E-state index >= 15 is 0 Å². The largest absolute Gasteiger partial charge is 0.289 e. The van der Waals surface area contributed by atoms with E-state index in [9.17, 15) is 4.79 Å². The Morgan fingerprint density at radius 1 is 0.857 bits per heavy atom. The normalized spacial score (nSPS) is 15.5. The lowest BCUT2D eigenvalue weighted by molar-refractivity contribution is 0.104. The van der Waals surface area contributed by atoms with Gasteiger partial charge in [-0.05, 0) is 86.4 Å². The maximum atomic E-state index is 12.9. The summed E-state index contributed by atoms with van der Waals surface area (Å²) in [4.78, 5) is 12.9. The van der Waals surface area contributed by atoms with Crippen LogP contribution in [0.1, 0.15) is 161 Å². The van der Waals surface area contributed by atoms with Gasteiger partial charge in [0.25, 0.3) is 0 Å². The van der Waals surface area contributed by atoms with Gasteiger partial charge in [-0.3, -0.25) is 4.79 Å². The number of ketones is 1. The van der Waals surface area contributed by atoms with Gasteiger partial charge in [-0.15, -0.1) is 5.73 Å². The molecule has 1 unspecified atom stereocenters. The van der Waals surface area contributed by atoms with Crippen LogP contribution in [0.25, 0.3) is 0 Å². The van der Waals surface area contributed by atoms with Crippen LogP contribution in [0, 0.1) is 32.6 Å². The Balaban J connectivity index is -0.00000123. The molecule has 0 heterocycles. The number of rotatable bonds is 7. The molecule has 0 amide bonds. The SMILES string of the molecule is C=C=C(CCC1CCCCC1)C1=C(C)C(C)C(/C=C/C(=O)c2cc(C)c(C)cc2C)=C1.CC.CC.CC.CC.CCC. The molecule has 1 aromatic carbocycles. The molecule has 0 aliphatic heterocycles. The van der Waals surface area contributed by atoms with Crippen LogP contribution < -0.4 is 0 Å². The zero-order valence-electron chi connectivity index (χ0n) is 30.8. The summed E-state index contributed by atoms with van der Waals surface area (Å²) in [6.07, 6.45) is 16.5. The number of aryl methyl sites for hydroxylation is 3. The van der Waals surface area contributed by atoms with Crippen molar-refractivity contribution in [3.05, 3.63) is 87.2 Å². The summed E-state index contributed by atoms with van der Waals surface area (Å²) in [5, 5.41) is 0. The van der Waals surface area contributed by atoms with Crippen molar-refractivity contribution in [2.24, 2.45) is 11.8 Å². The Morgan fingerprint density at radius 2 is 1.36 bits per heavy atom. The van der Waals surface area contributed by atoms with Gasteiger partial charge in [0, 0.05) is 17.1 Å². The number of benzene rings is 1. The Morgan fingerprint density at radius 3 is 1.86 bits per heavy atom. The first-order chi connectivity index (χ1) is 20.2. The summed E-state index contributed by atoms with van der Waals surface area (Å²) in [7, 11) is 0. The third kappa shape index (κ3) is 15.2. The van der Waals surface area contributed by atoms with Crippen molar-refractivity contribution in [2.45, 2.75) is 155 Å². The first kappa shape index (κ1) is 44.1. The van der Waals surface area contributed by atoms with E-state index in [-0.39, 0.29) is 5.78 Å². The number of hydrogen-bond donors (Lipinski definition) is 0. The molecule has 0 N–H and O–H groups in total. The lowest BCUT2D eigenvalue weighted by atomic mass is 9.84. The highest BCUT2D eigenvalue weighted by Gasteiger charge is 2.23. The number of hydrogen-bond acceptors (Lipinski definition) is 1. The lowest BCUT2D eigenvalue weighted by Crippen LogP contribution is -2.06. The van der Waals surface area contributed by atoms with Crippen molar-refractivity contribution in [1.29, 1.82) is 0 Å². The summed E-state index contributed by atoms with van der Waals surface area (Å²) in [6.45, 7) is 34.9. The second kappa shape index (κ2) is 27.5. The Labute approximate surface area is 264 Å². The third-order valence-electron chi connectivity index (χ3n) is 7.48. The molecule has 0 saturated heterocycles. The maximum Gasteiger partial charge on any atom is 0.186 e. The fourth-order valence-corrected chi connectivity index (χ4v) is 5.04. The van der Waals surface area contributed by atoms with Crippen LogP contribution in [0.4, 0.5) is 0 Å². The van der Waals surface area contributed by atoms with Crippen LogP contribution in [0.3, 0.4) is 0 Å². The predicted molar refractivity (Wildman–Crippen MR) is 194 cm³/mol. The van der Waals surface area contributed by atoms with Crippen molar-refractivity contribution in [2.75, 3.05) is 0 Å². The van der Waals surface area contributed by atoms with Crippen molar-refractivity contribution in [3.8, 4) is 0 Å². The molecule has 1 heteroatoms. The number of carbonyl (C=O) groups excluding carboxylic acids is 1. The van der Waals surface area contributed by atoms with Crippen molar-refractivity contribution in [3.63, 3.8) is 0 Å². The predicted octanol–water partition coefficient (Wildman–Crippen LogP) is 13.8. The molecule has 3 rings (SSSR count). The summed E-state index contributed by atoms with van der Waals surface area (Å²) < 4.78 is 0. The van der Waals surface area contributed by atoms with Crippen LogP contribution >= 0.6 is 0 Å². The van der Waals surface area contributed by atoms with Gasteiger partial charge in [0.15, 0.2) is 5.78 Å². The average Bonchev–Trinajstić information content (AvgIpc) is 3.31. The van der Waals surface area contributed by atoms with Crippen molar-refractivity contribution in [1.82, 2.24) is 0 Å².